The fraction of sp³-hybridized carbons (Fsp3) is 0.00971. The van der Waals surface area contributed by atoms with Gasteiger partial charge in [0.25, 0.3) is 0 Å². The molecule has 0 unspecified atom stereocenters. The molecule has 0 aliphatic heterocycles. The largest absolute Gasteiger partial charge is 0.455 e. The fourth-order valence-corrected chi connectivity index (χ4v) is 12.1. The third-order valence-electron chi connectivity index (χ3n) is 17.3. The van der Waals surface area contributed by atoms with Crippen molar-refractivity contribution in [1.82, 2.24) is 29.9 Å². The van der Waals surface area contributed by atoms with Crippen molar-refractivity contribution >= 4 is 43.9 Å². The molecule has 0 radical (unpaired) electrons. The number of furan rings is 2. The predicted octanol–water partition coefficient (Wildman–Crippen LogP) is 27.2. The second-order valence-electron chi connectivity index (χ2n) is 24.1. The molecule has 0 saturated carbocycles. The van der Waals surface area contributed by atoms with Crippen LogP contribution in [-0.2, 0) is 0 Å². The molecule has 0 fully saturated rings. The molecule has 4 aromatic heterocycles. The van der Waals surface area contributed by atoms with Gasteiger partial charge in [-0.25, -0.2) is 29.9 Å². The highest BCUT2D eigenvalue weighted by atomic mass is 16.3. The lowest BCUT2D eigenvalue weighted by atomic mass is 9.98. The Balaban J connectivity index is 0.000000194. The summed E-state index contributed by atoms with van der Waals surface area (Å²) in [5, 5.41) is 0.647. The van der Waals surface area contributed by atoms with E-state index in [2.05, 4.69) is 29.9 Å². The van der Waals surface area contributed by atoms with Gasteiger partial charge in [0.15, 0.2) is 34.9 Å². The van der Waals surface area contributed by atoms with Crippen LogP contribution in [0.4, 0.5) is 0 Å². The van der Waals surface area contributed by atoms with Crippen molar-refractivity contribution in [2.75, 3.05) is 0 Å². The highest BCUT2D eigenvalue weighted by molar-refractivity contribution is 6.14. The molecule has 16 aromatic carbocycles. The van der Waals surface area contributed by atoms with Gasteiger partial charge < -0.3 is 8.83 Å². The third kappa shape index (κ3) is 13.5. The van der Waals surface area contributed by atoms with Crippen molar-refractivity contribution < 1.29 is 70.5 Å². The Morgan fingerprint density at radius 3 is 1.01 bits per heavy atom. The minimum absolute atomic E-state index is 0.0417. The van der Waals surface area contributed by atoms with Crippen molar-refractivity contribution in [3.8, 4) is 157 Å². The lowest BCUT2D eigenvalue weighted by molar-refractivity contribution is 0.670. The van der Waals surface area contributed by atoms with Crippen molar-refractivity contribution in [2.45, 2.75) is 6.92 Å². The van der Waals surface area contributed by atoms with Crippen LogP contribution in [-0.4, -0.2) is 29.9 Å². The van der Waals surface area contributed by atoms with Gasteiger partial charge in [0, 0.05) is 66.1 Å². The number of para-hydroxylation sites is 4. The molecule has 4 heterocycles. The Hall–Kier alpha value is -14.9. The van der Waals surface area contributed by atoms with Crippen molar-refractivity contribution in [1.29, 1.82) is 0 Å². The average molecular weight is 1470 g/mol. The van der Waals surface area contributed by atoms with Crippen LogP contribution in [0.25, 0.3) is 201 Å². The summed E-state index contributed by atoms with van der Waals surface area (Å²) in [6.45, 7) is 1.33. The first-order chi connectivity index (χ1) is 73.7. The smallest absolute Gasteiger partial charge is 0.167 e. The first-order valence-electron chi connectivity index (χ1n) is 56.1. The van der Waals surface area contributed by atoms with E-state index in [1.807, 2.05) is 78.9 Å². The van der Waals surface area contributed by atoms with Crippen molar-refractivity contribution in [3.63, 3.8) is 0 Å². The summed E-state index contributed by atoms with van der Waals surface area (Å²) in [5.74, 6) is -4.83. The van der Waals surface area contributed by atoms with E-state index < -0.39 is 390 Å². The molecule has 0 amide bonds. The number of hydrogen-bond acceptors (Lipinski definition) is 8. The standard InChI is InChI=1S/C52H35N3O.C51H33N3O/c1-34-12-8-17-41(32-34)37-26-30-40(31-27-37)51-53-50(39-28-24-36(25-29-39)35-13-4-2-5-14-35)54-52(55-51)43-19-9-18-42(33-43)45-21-11-23-47-46-22-10-20-44(48(46)56-49(45)47)38-15-6-3-7-16-38;1-4-14-34(15-5-1)37-28-30-38(31-29-37)43-24-12-25-44-45-26-13-27-46(48(45)55-47(43)44)51-53-49(41-22-10-20-39(32-41)35-16-6-2-7-17-35)52-50(54-51)42-23-11-21-40(33-42)36-18-8-3-9-19-36/h2-33H,1H3;1-33H/i2D,4D,5D,8D,9D,12D,13D,14D,17D,18D,19D,24D,25D,26D,27D,28D,29D,30D,31D,32D,33D;2D,3D,6D,7D,8D,9D,10D,11D,12D,13D,16D,17D,18D,19D,20D,21D,22D,23D,24D,25D,26D,27D,32D,33D. The Morgan fingerprint density at radius 2 is 0.505 bits per heavy atom. The van der Waals surface area contributed by atoms with E-state index in [0.29, 0.717) is 21.9 Å². The molecule has 8 nitrogen and oxygen atoms in total. The number of rotatable bonds is 14. The zero-order valence-corrected chi connectivity index (χ0v) is 57.0. The van der Waals surface area contributed by atoms with Crippen LogP contribution in [0.2, 0.25) is 0 Å². The van der Waals surface area contributed by atoms with Crippen molar-refractivity contribution in [3.05, 3.63) is 399 Å². The van der Waals surface area contributed by atoms with Gasteiger partial charge in [0.05, 0.1) is 67.2 Å². The summed E-state index contributed by atoms with van der Waals surface area (Å²) in [4.78, 5) is 26.8. The normalized spacial score (nSPS) is 17.0. The van der Waals surface area contributed by atoms with Crippen LogP contribution >= 0.6 is 0 Å². The molecular formula is C103H68N6O2. The van der Waals surface area contributed by atoms with E-state index in [0.717, 1.165) is 22.3 Å². The molecular weight excluding hydrogens is 1350 g/mol. The Kier molecular flexibility index (Phi) is 9.12. The van der Waals surface area contributed by atoms with Crippen LogP contribution in [0.3, 0.4) is 0 Å². The van der Waals surface area contributed by atoms with Crippen LogP contribution in [0.15, 0.2) is 402 Å². The number of hydrogen-bond donors (Lipinski definition) is 0. The van der Waals surface area contributed by atoms with E-state index in [1.165, 1.54) is 6.92 Å². The second kappa shape index (κ2) is 29.5. The Bertz CT molecular complexity index is 9230. The lowest BCUT2D eigenvalue weighted by Crippen LogP contribution is -2.00. The molecule has 0 bridgehead atoms. The maximum atomic E-state index is 9.79. The number of aromatic nitrogens is 6. The SMILES string of the molecule is [2H]c1c([2H])c([2H])c(-c2c([2H])c([2H])c(-c3nc(-c4c([2H])c([2H])c(-c5c([2H])c([2H])c([2H])c(C)c5[2H])c([2H])c4[2H])nc(-c4c([2H])c([2H])c([2H])c(-c5cccc6c5oc5c(-c7ccccc7)cccc56)c4[2H])n3)c([2H])c2[2H])c([2H])c1[2H].[2H]c1c([2H])c([2H])c(-c2c([2H])c([2H])c([2H])c(-c3nc(-c4c([2H])c([2H])c([2H])c(-c5c([2H])c([2H])c([2H])c([2H])c5[2H])c4[2H])nc(-c4c([2H])c([2H])c([2H])c5c4oc4c(-c6ccc(-c7ccccc7)cc6)c([2H])c([2H])c([2H])c45)n3)c2[2H])c([2H])c1[2H]. The highest BCUT2D eigenvalue weighted by Crippen LogP contribution is 2.44. The molecule has 8 heteroatoms. The zero-order valence-electron chi connectivity index (χ0n) is 102. The summed E-state index contributed by atoms with van der Waals surface area (Å²) in [5.41, 5.74) is -6.49. The van der Waals surface area contributed by atoms with Crippen LogP contribution in [0.1, 0.15) is 67.2 Å². The van der Waals surface area contributed by atoms with Gasteiger partial charge in [-0.2, -0.15) is 0 Å². The van der Waals surface area contributed by atoms with Crippen molar-refractivity contribution in [2.24, 2.45) is 0 Å². The van der Waals surface area contributed by atoms with Gasteiger partial charge in [-0.1, -0.05) is 375 Å². The molecule has 0 aliphatic carbocycles. The Morgan fingerprint density at radius 1 is 0.189 bits per heavy atom. The molecule has 522 valence electrons. The molecule has 20 aromatic rings. The van der Waals surface area contributed by atoms with E-state index in [-0.39, 0.29) is 44.2 Å². The molecule has 0 N–H and O–H groups in total. The van der Waals surface area contributed by atoms with Crippen LogP contribution < -0.4 is 0 Å². The number of fused-ring (bicyclic) bond motifs is 6. The van der Waals surface area contributed by atoms with Gasteiger partial charge >= 0.3 is 0 Å². The van der Waals surface area contributed by atoms with Gasteiger partial charge in [0.2, 0.25) is 0 Å². The first kappa shape index (κ1) is 34.4. The fourth-order valence-electron chi connectivity index (χ4n) is 12.1. The van der Waals surface area contributed by atoms with Gasteiger partial charge in [-0.15, -0.1) is 0 Å². The predicted molar refractivity (Wildman–Crippen MR) is 455 cm³/mol. The van der Waals surface area contributed by atoms with Gasteiger partial charge in [-0.05, 0) is 103 Å². The summed E-state index contributed by atoms with van der Waals surface area (Å²) < 4.78 is 412. The molecule has 0 saturated heterocycles. The minimum Gasteiger partial charge on any atom is -0.455 e. The molecule has 0 atom stereocenters. The van der Waals surface area contributed by atoms with Crippen LogP contribution in [0.5, 0.6) is 0 Å². The Labute approximate surface area is 706 Å². The topological polar surface area (TPSA) is 104 Å². The summed E-state index contributed by atoms with van der Waals surface area (Å²) in [7, 11) is 0. The molecule has 20 rings (SSSR count). The van der Waals surface area contributed by atoms with E-state index in [9.17, 15) is 20.6 Å². The number of benzene rings is 16. The van der Waals surface area contributed by atoms with E-state index in [4.69, 9.17) is 50.0 Å². The lowest BCUT2D eigenvalue weighted by Gasteiger charge is -2.11. The summed E-state index contributed by atoms with van der Waals surface area (Å²) in [6, 6.07) is -1.17. The highest BCUT2D eigenvalue weighted by Gasteiger charge is 2.23. The summed E-state index contributed by atoms with van der Waals surface area (Å²) >= 11 is 0. The number of nitrogens with zero attached hydrogens (tertiary/aromatic N) is 6. The monoisotopic (exact) mass is 1470 g/mol. The van der Waals surface area contributed by atoms with E-state index in [1.54, 1.807) is 42.5 Å². The van der Waals surface area contributed by atoms with Gasteiger partial charge in [-0.3, -0.25) is 0 Å². The average Bonchev–Trinajstić information content (AvgIpc) is 1.49. The minimum atomic E-state index is -0.994. The van der Waals surface area contributed by atoms with Crippen LogP contribution in [0, 0.1) is 6.92 Å². The quantitative estimate of drug-likeness (QED) is 0.106. The summed E-state index contributed by atoms with van der Waals surface area (Å²) in [6.07, 6.45) is 0. The first-order valence-corrected chi connectivity index (χ1v) is 33.6. The van der Waals surface area contributed by atoms with Gasteiger partial charge in [0.1, 0.15) is 22.3 Å². The maximum absolute atomic E-state index is 9.79. The molecule has 111 heavy (non-hydrogen) atoms. The molecule has 0 aliphatic rings. The maximum Gasteiger partial charge on any atom is 0.167 e. The van der Waals surface area contributed by atoms with E-state index >= 15 is 0 Å². The third-order valence-corrected chi connectivity index (χ3v) is 17.3. The second-order valence-corrected chi connectivity index (χ2v) is 24.1. The zero-order chi connectivity index (χ0) is 113. The molecule has 0 spiro atoms.